The van der Waals surface area contributed by atoms with Crippen LogP contribution < -0.4 is 4.90 Å². The van der Waals surface area contributed by atoms with E-state index in [9.17, 15) is 4.79 Å². The quantitative estimate of drug-likeness (QED) is 0.715. The molecular formula is C11H11Br2NO2. The van der Waals surface area contributed by atoms with Crippen molar-refractivity contribution in [2.75, 3.05) is 18.6 Å². The molecule has 86 valence electrons. The number of carbonyl (C=O) groups is 1. The number of methoxy groups -OCH3 is 1. The number of hydrogen-bond donors (Lipinski definition) is 0. The molecule has 1 aliphatic heterocycles. The van der Waals surface area contributed by atoms with Crippen molar-refractivity contribution in [3.63, 3.8) is 0 Å². The summed E-state index contributed by atoms with van der Waals surface area (Å²) in [6.45, 7) is 0.708. The summed E-state index contributed by atoms with van der Waals surface area (Å²) in [5.41, 5.74) is 2.10. The molecule has 0 aromatic heterocycles. The second-order valence-corrected chi connectivity index (χ2v) is 5.39. The maximum Gasteiger partial charge on any atom is 0.414 e. The Kier molecular flexibility index (Phi) is 3.54. The molecule has 1 amide bonds. The topological polar surface area (TPSA) is 29.5 Å². The van der Waals surface area contributed by atoms with Crippen molar-refractivity contribution in [3.05, 3.63) is 26.6 Å². The molecule has 2 rings (SSSR count). The molecule has 0 N–H and O–H groups in total. The summed E-state index contributed by atoms with van der Waals surface area (Å²) in [5.74, 6) is 0. The lowest BCUT2D eigenvalue weighted by molar-refractivity contribution is 0.178. The second-order valence-electron chi connectivity index (χ2n) is 3.62. The standard InChI is InChI=1S/C11H11Br2NO2/c1-16-11(15)14-4-2-3-7-5-8(12)6-9(13)10(7)14/h5-6H,2-4H2,1H3. The van der Waals surface area contributed by atoms with Gasteiger partial charge in [-0.3, -0.25) is 4.90 Å². The van der Waals surface area contributed by atoms with Crippen molar-refractivity contribution < 1.29 is 9.53 Å². The average Bonchev–Trinajstić information content (AvgIpc) is 2.26. The molecule has 0 atom stereocenters. The summed E-state index contributed by atoms with van der Waals surface area (Å²) in [6, 6.07) is 4.00. The highest BCUT2D eigenvalue weighted by molar-refractivity contribution is 9.11. The van der Waals surface area contributed by atoms with E-state index in [0.717, 1.165) is 33.0 Å². The first kappa shape index (κ1) is 11.9. The maximum atomic E-state index is 11.6. The first-order valence-corrected chi connectivity index (χ1v) is 6.55. The lowest BCUT2D eigenvalue weighted by Gasteiger charge is -2.29. The predicted molar refractivity (Wildman–Crippen MR) is 69.9 cm³/mol. The van der Waals surface area contributed by atoms with Gasteiger partial charge in [0.15, 0.2) is 0 Å². The fourth-order valence-corrected chi connectivity index (χ4v) is 3.47. The van der Waals surface area contributed by atoms with E-state index in [1.54, 1.807) is 4.90 Å². The van der Waals surface area contributed by atoms with Crippen LogP contribution in [0.3, 0.4) is 0 Å². The van der Waals surface area contributed by atoms with Crippen LogP contribution in [0, 0.1) is 0 Å². The Hall–Kier alpha value is -0.550. The normalized spacial score (nSPS) is 14.6. The van der Waals surface area contributed by atoms with Gasteiger partial charge in [0, 0.05) is 15.5 Å². The van der Waals surface area contributed by atoms with Crippen LogP contribution in [-0.4, -0.2) is 19.7 Å². The van der Waals surface area contributed by atoms with Gasteiger partial charge in [0.2, 0.25) is 0 Å². The monoisotopic (exact) mass is 347 g/mol. The molecule has 0 bridgehead atoms. The average molecular weight is 349 g/mol. The zero-order valence-corrected chi connectivity index (χ0v) is 12.0. The van der Waals surface area contributed by atoms with Crippen LogP contribution in [0.4, 0.5) is 10.5 Å². The molecule has 0 saturated heterocycles. The van der Waals surface area contributed by atoms with E-state index in [1.807, 2.05) is 6.07 Å². The molecule has 16 heavy (non-hydrogen) atoms. The number of ether oxygens (including phenoxy) is 1. The highest BCUT2D eigenvalue weighted by Gasteiger charge is 2.25. The number of amides is 1. The SMILES string of the molecule is COC(=O)N1CCCc2cc(Br)cc(Br)c21. The molecule has 0 fully saturated rings. The number of hydrogen-bond acceptors (Lipinski definition) is 2. The van der Waals surface area contributed by atoms with Crippen LogP contribution in [0.15, 0.2) is 21.1 Å². The molecular weight excluding hydrogens is 338 g/mol. The van der Waals surface area contributed by atoms with E-state index in [1.165, 1.54) is 7.11 Å². The highest BCUT2D eigenvalue weighted by atomic mass is 79.9. The Bertz CT molecular complexity index is 434. The summed E-state index contributed by atoms with van der Waals surface area (Å²) < 4.78 is 6.72. The molecule has 1 heterocycles. The molecule has 5 heteroatoms. The zero-order valence-electron chi connectivity index (χ0n) is 8.80. The van der Waals surface area contributed by atoms with Gasteiger partial charge >= 0.3 is 6.09 Å². The maximum absolute atomic E-state index is 11.6. The zero-order chi connectivity index (χ0) is 11.7. The molecule has 1 aliphatic rings. The number of fused-ring (bicyclic) bond motifs is 1. The van der Waals surface area contributed by atoms with E-state index in [2.05, 4.69) is 37.9 Å². The summed E-state index contributed by atoms with van der Waals surface area (Å²) in [6.07, 6.45) is 1.65. The lowest BCUT2D eigenvalue weighted by Crippen LogP contribution is -2.35. The Balaban J connectivity index is 2.49. The third kappa shape index (κ3) is 2.11. The summed E-state index contributed by atoms with van der Waals surface area (Å²) in [4.78, 5) is 13.3. The minimum Gasteiger partial charge on any atom is -0.452 e. The van der Waals surface area contributed by atoms with Crippen molar-refractivity contribution in [2.45, 2.75) is 12.8 Å². The Morgan fingerprint density at radius 2 is 2.19 bits per heavy atom. The van der Waals surface area contributed by atoms with Gasteiger partial charge in [0.05, 0.1) is 12.8 Å². The van der Waals surface area contributed by atoms with Crippen molar-refractivity contribution in [1.29, 1.82) is 0 Å². The summed E-state index contributed by atoms with van der Waals surface area (Å²) >= 11 is 6.94. The van der Waals surface area contributed by atoms with Crippen LogP contribution in [-0.2, 0) is 11.2 Å². The molecule has 0 aliphatic carbocycles. The number of rotatable bonds is 0. The summed E-state index contributed by atoms with van der Waals surface area (Å²) in [7, 11) is 1.41. The first-order valence-electron chi connectivity index (χ1n) is 4.97. The van der Waals surface area contributed by atoms with Crippen LogP contribution in [0.1, 0.15) is 12.0 Å². The number of aryl methyl sites for hydroxylation is 1. The first-order chi connectivity index (χ1) is 7.63. The predicted octanol–water partition coefficient (Wildman–Crippen LogP) is 3.73. The number of anilines is 1. The fourth-order valence-electron chi connectivity index (χ4n) is 1.94. The second kappa shape index (κ2) is 4.75. The largest absolute Gasteiger partial charge is 0.452 e. The van der Waals surface area contributed by atoms with Crippen LogP contribution in [0.5, 0.6) is 0 Å². The molecule has 1 aromatic rings. The van der Waals surface area contributed by atoms with Gasteiger partial charge in [0.1, 0.15) is 0 Å². The molecule has 0 spiro atoms. The minimum atomic E-state index is -0.302. The van der Waals surface area contributed by atoms with Gasteiger partial charge in [-0.05, 0) is 46.5 Å². The van der Waals surface area contributed by atoms with Crippen molar-refractivity contribution >= 4 is 43.6 Å². The highest BCUT2D eigenvalue weighted by Crippen LogP contribution is 2.37. The van der Waals surface area contributed by atoms with E-state index in [4.69, 9.17) is 4.74 Å². The Morgan fingerprint density at radius 3 is 2.88 bits per heavy atom. The van der Waals surface area contributed by atoms with Gasteiger partial charge in [0.25, 0.3) is 0 Å². The van der Waals surface area contributed by atoms with E-state index in [0.29, 0.717) is 6.54 Å². The molecule has 0 saturated carbocycles. The minimum absolute atomic E-state index is 0.302. The van der Waals surface area contributed by atoms with Crippen molar-refractivity contribution in [2.24, 2.45) is 0 Å². The number of benzene rings is 1. The van der Waals surface area contributed by atoms with Crippen LogP contribution in [0.2, 0.25) is 0 Å². The third-order valence-corrected chi connectivity index (χ3v) is 3.66. The van der Waals surface area contributed by atoms with Crippen LogP contribution >= 0.6 is 31.9 Å². The van der Waals surface area contributed by atoms with E-state index >= 15 is 0 Å². The van der Waals surface area contributed by atoms with Crippen molar-refractivity contribution in [1.82, 2.24) is 0 Å². The van der Waals surface area contributed by atoms with E-state index < -0.39 is 0 Å². The van der Waals surface area contributed by atoms with Gasteiger partial charge < -0.3 is 4.74 Å². The van der Waals surface area contributed by atoms with E-state index in [-0.39, 0.29) is 6.09 Å². The number of halogens is 2. The van der Waals surface area contributed by atoms with Gasteiger partial charge in [-0.15, -0.1) is 0 Å². The Labute approximate surface area is 111 Å². The molecule has 3 nitrogen and oxygen atoms in total. The van der Waals surface area contributed by atoms with Crippen LogP contribution in [0.25, 0.3) is 0 Å². The molecule has 0 unspecified atom stereocenters. The summed E-state index contributed by atoms with van der Waals surface area (Å²) in [5, 5.41) is 0. The van der Waals surface area contributed by atoms with Gasteiger partial charge in [-0.2, -0.15) is 0 Å². The lowest BCUT2D eigenvalue weighted by atomic mass is 10.0. The molecule has 1 aromatic carbocycles. The number of carbonyl (C=O) groups excluding carboxylic acids is 1. The number of nitrogens with zero attached hydrogens (tertiary/aromatic N) is 1. The van der Waals surface area contributed by atoms with Gasteiger partial charge in [-0.1, -0.05) is 15.9 Å². The van der Waals surface area contributed by atoms with Crippen molar-refractivity contribution in [3.8, 4) is 0 Å². The molecule has 0 radical (unpaired) electrons. The third-order valence-electron chi connectivity index (χ3n) is 2.60. The smallest absolute Gasteiger partial charge is 0.414 e. The fraction of sp³-hybridized carbons (Fsp3) is 0.364. The van der Waals surface area contributed by atoms with Gasteiger partial charge in [-0.25, -0.2) is 4.79 Å². The Morgan fingerprint density at radius 1 is 1.44 bits per heavy atom.